The maximum absolute atomic E-state index is 5.75. The van der Waals surface area contributed by atoms with Gasteiger partial charge in [-0.2, -0.15) is 5.10 Å². The van der Waals surface area contributed by atoms with Crippen LogP contribution in [0.4, 0.5) is 5.82 Å². The minimum Gasteiger partial charge on any atom is -0.467 e. The number of aliphatic imine (C=N–C) groups is 1. The third-order valence-electron chi connectivity index (χ3n) is 5.02. The average Bonchev–Trinajstić information content (AvgIpc) is 3.36. The second-order valence-electron chi connectivity index (χ2n) is 6.75. The molecule has 3 heterocycles. The van der Waals surface area contributed by atoms with E-state index in [1.54, 1.807) is 6.26 Å². The Balaban J connectivity index is 1.74. The van der Waals surface area contributed by atoms with Gasteiger partial charge in [0, 0.05) is 12.0 Å². The van der Waals surface area contributed by atoms with Crippen LogP contribution in [0.3, 0.4) is 0 Å². The SMILES string of the molecule is Cc1nn2c(c1-c1ccccc1)N=C(c1ccccc1)CC2c1ccco1. The molecule has 0 saturated heterocycles. The summed E-state index contributed by atoms with van der Waals surface area (Å²) in [6.45, 7) is 2.05. The van der Waals surface area contributed by atoms with Gasteiger partial charge in [0.2, 0.25) is 0 Å². The smallest absolute Gasteiger partial charge is 0.159 e. The minimum absolute atomic E-state index is 0.00105. The number of aryl methyl sites for hydroxylation is 1. The van der Waals surface area contributed by atoms with Gasteiger partial charge in [-0.05, 0) is 30.2 Å². The van der Waals surface area contributed by atoms with E-state index >= 15 is 0 Å². The highest BCUT2D eigenvalue weighted by molar-refractivity contribution is 6.04. The zero-order valence-electron chi connectivity index (χ0n) is 15.0. The van der Waals surface area contributed by atoms with Crippen LogP contribution in [-0.4, -0.2) is 15.5 Å². The van der Waals surface area contributed by atoms with E-state index in [4.69, 9.17) is 14.5 Å². The zero-order chi connectivity index (χ0) is 18.2. The molecule has 4 heteroatoms. The lowest BCUT2D eigenvalue weighted by molar-refractivity contribution is 0.409. The third kappa shape index (κ3) is 2.70. The van der Waals surface area contributed by atoms with Crippen molar-refractivity contribution in [2.75, 3.05) is 0 Å². The molecule has 0 spiro atoms. The molecule has 0 fully saturated rings. The number of aromatic nitrogens is 2. The van der Waals surface area contributed by atoms with Crippen LogP contribution in [0.2, 0.25) is 0 Å². The molecule has 0 N–H and O–H groups in total. The highest BCUT2D eigenvalue weighted by Crippen LogP contribution is 2.41. The van der Waals surface area contributed by atoms with Crippen LogP contribution in [0.25, 0.3) is 11.1 Å². The summed E-state index contributed by atoms with van der Waals surface area (Å²) in [4.78, 5) is 5.05. The van der Waals surface area contributed by atoms with E-state index in [1.807, 2.05) is 48.0 Å². The van der Waals surface area contributed by atoms with Crippen molar-refractivity contribution in [3.8, 4) is 11.1 Å². The number of furan rings is 1. The Hall–Kier alpha value is -3.40. The van der Waals surface area contributed by atoms with Gasteiger partial charge < -0.3 is 4.42 Å². The van der Waals surface area contributed by atoms with Crippen LogP contribution >= 0.6 is 0 Å². The second kappa shape index (κ2) is 6.40. The van der Waals surface area contributed by atoms with Gasteiger partial charge >= 0.3 is 0 Å². The summed E-state index contributed by atoms with van der Waals surface area (Å²) in [6.07, 6.45) is 2.47. The Bertz CT molecular complexity index is 1090. The molecular formula is C23H19N3O. The number of hydrogen-bond acceptors (Lipinski definition) is 3. The maximum Gasteiger partial charge on any atom is 0.159 e. The van der Waals surface area contributed by atoms with Gasteiger partial charge in [0.15, 0.2) is 5.82 Å². The second-order valence-corrected chi connectivity index (χ2v) is 6.75. The molecule has 0 amide bonds. The van der Waals surface area contributed by atoms with E-state index < -0.39 is 0 Å². The lowest BCUT2D eigenvalue weighted by Gasteiger charge is -2.23. The van der Waals surface area contributed by atoms with Crippen molar-refractivity contribution in [2.45, 2.75) is 19.4 Å². The van der Waals surface area contributed by atoms with Crippen molar-refractivity contribution >= 4 is 11.5 Å². The lowest BCUT2D eigenvalue weighted by Crippen LogP contribution is -2.20. The summed E-state index contributed by atoms with van der Waals surface area (Å²) in [6, 6.07) is 24.6. The van der Waals surface area contributed by atoms with E-state index in [0.29, 0.717) is 0 Å². The van der Waals surface area contributed by atoms with Gasteiger partial charge in [0.1, 0.15) is 11.8 Å². The van der Waals surface area contributed by atoms with E-state index in [-0.39, 0.29) is 6.04 Å². The molecule has 1 unspecified atom stereocenters. The van der Waals surface area contributed by atoms with Gasteiger partial charge in [0.25, 0.3) is 0 Å². The highest BCUT2D eigenvalue weighted by Gasteiger charge is 2.30. The van der Waals surface area contributed by atoms with Crippen molar-refractivity contribution < 1.29 is 4.42 Å². The molecule has 132 valence electrons. The summed E-state index contributed by atoms with van der Waals surface area (Å²) in [5.41, 5.74) is 5.39. The van der Waals surface area contributed by atoms with Gasteiger partial charge in [-0.3, -0.25) is 0 Å². The Kier molecular flexibility index (Phi) is 3.75. The van der Waals surface area contributed by atoms with E-state index in [2.05, 4.69) is 36.4 Å². The fourth-order valence-corrected chi connectivity index (χ4v) is 3.76. The molecule has 2 aromatic carbocycles. The van der Waals surface area contributed by atoms with Gasteiger partial charge in [-0.25, -0.2) is 9.67 Å². The molecule has 0 aliphatic carbocycles. The van der Waals surface area contributed by atoms with Crippen LogP contribution in [0.5, 0.6) is 0 Å². The largest absolute Gasteiger partial charge is 0.467 e. The number of fused-ring (bicyclic) bond motifs is 1. The monoisotopic (exact) mass is 353 g/mol. The first-order valence-electron chi connectivity index (χ1n) is 9.12. The molecular weight excluding hydrogens is 334 g/mol. The maximum atomic E-state index is 5.75. The lowest BCUT2D eigenvalue weighted by atomic mass is 9.98. The Morgan fingerprint density at radius 2 is 1.59 bits per heavy atom. The molecule has 0 radical (unpaired) electrons. The first-order chi connectivity index (χ1) is 13.3. The molecule has 1 aliphatic heterocycles. The van der Waals surface area contributed by atoms with Gasteiger partial charge in [0.05, 0.1) is 17.7 Å². The number of nitrogens with zero attached hydrogens (tertiary/aromatic N) is 3. The van der Waals surface area contributed by atoms with E-state index in [1.165, 1.54) is 0 Å². The molecule has 0 saturated carbocycles. The van der Waals surface area contributed by atoms with Crippen LogP contribution in [0, 0.1) is 6.92 Å². The summed E-state index contributed by atoms with van der Waals surface area (Å²) in [5, 5.41) is 4.84. The summed E-state index contributed by atoms with van der Waals surface area (Å²) >= 11 is 0. The molecule has 1 aliphatic rings. The third-order valence-corrected chi connectivity index (χ3v) is 5.02. The summed E-state index contributed by atoms with van der Waals surface area (Å²) in [7, 11) is 0. The van der Waals surface area contributed by atoms with Crippen LogP contribution in [-0.2, 0) is 0 Å². The molecule has 4 nitrogen and oxygen atoms in total. The van der Waals surface area contributed by atoms with Crippen molar-refractivity contribution in [1.29, 1.82) is 0 Å². The Morgan fingerprint density at radius 3 is 2.26 bits per heavy atom. The van der Waals surface area contributed by atoms with Gasteiger partial charge in [-0.1, -0.05) is 60.7 Å². The molecule has 1 atom stereocenters. The van der Waals surface area contributed by atoms with E-state index in [0.717, 1.165) is 46.1 Å². The molecule has 4 aromatic rings. The van der Waals surface area contributed by atoms with Crippen LogP contribution < -0.4 is 0 Å². The Morgan fingerprint density at radius 1 is 0.889 bits per heavy atom. The van der Waals surface area contributed by atoms with Crippen molar-refractivity contribution in [2.24, 2.45) is 4.99 Å². The first-order valence-corrected chi connectivity index (χ1v) is 9.12. The number of benzene rings is 2. The predicted molar refractivity (Wildman–Crippen MR) is 107 cm³/mol. The molecule has 2 aromatic heterocycles. The number of hydrogen-bond donors (Lipinski definition) is 0. The fourth-order valence-electron chi connectivity index (χ4n) is 3.76. The standard InChI is InChI=1S/C23H19N3O/c1-16-22(18-11-6-3-7-12-18)23-24-19(17-9-4-2-5-10-17)15-20(26(23)25-16)21-13-8-14-27-21/h2-14,20H,15H2,1H3. The molecule has 27 heavy (non-hydrogen) atoms. The summed E-state index contributed by atoms with van der Waals surface area (Å²) < 4.78 is 7.77. The highest BCUT2D eigenvalue weighted by atomic mass is 16.3. The average molecular weight is 353 g/mol. The van der Waals surface area contributed by atoms with E-state index in [9.17, 15) is 0 Å². The van der Waals surface area contributed by atoms with Gasteiger partial charge in [-0.15, -0.1) is 0 Å². The minimum atomic E-state index is -0.00105. The predicted octanol–water partition coefficient (Wildman–Crippen LogP) is 5.57. The fraction of sp³-hybridized carbons (Fsp3) is 0.130. The summed E-state index contributed by atoms with van der Waals surface area (Å²) in [5.74, 6) is 1.80. The number of rotatable bonds is 3. The normalized spacial score (nSPS) is 16.0. The van der Waals surface area contributed by atoms with Crippen molar-refractivity contribution in [3.63, 3.8) is 0 Å². The van der Waals surface area contributed by atoms with Crippen molar-refractivity contribution in [3.05, 3.63) is 96.1 Å². The molecule has 0 bridgehead atoms. The van der Waals surface area contributed by atoms with Crippen molar-refractivity contribution in [1.82, 2.24) is 9.78 Å². The topological polar surface area (TPSA) is 43.3 Å². The first kappa shape index (κ1) is 15.8. The molecule has 5 rings (SSSR count). The quantitative estimate of drug-likeness (QED) is 0.483. The zero-order valence-corrected chi connectivity index (χ0v) is 15.0. The Labute approximate surface area is 157 Å². The van der Waals surface area contributed by atoms with Crippen LogP contribution in [0.1, 0.15) is 29.5 Å². The van der Waals surface area contributed by atoms with Crippen LogP contribution in [0.15, 0.2) is 88.5 Å².